The van der Waals surface area contributed by atoms with Crippen molar-refractivity contribution in [1.82, 2.24) is 5.32 Å². The molecule has 50 heavy (non-hydrogen) atoms. The van der Waals surface area contributed by atoms with E-state index >= 15 is 0 Å². The highest BCUT2D eigenvalue weighted by molar-refractivity contribution is 7.95. The van der Waals surface area contributed by atoms with Crippen molar-refractivity contribution in [2.75, 3.05) is 11.6 Å². The molecule has 4 N–H and O–H groups in total. The summed E-state index contributed by atoms with van der Waals surface area (Å²) < 4.78 is 22.3. The van der Waals surface area contributed by atoms with Crippen LogP contribution in [0.5, 0.6) is 0 Å². The zero-order chi connectivity index (χ0) is 35.4. The van der Waals surface area contributed by atoms with E-state index in [0.717, 1.165) is 41.5 Å². The second kappa shape index (κ2) is 15.0. The number of nitrogens with zero attached hydrogens (tertiary/aromatic N) is 1. The Bertz CT molecular complexity index is 2130. The van der Waals surface area contributed by atoms with Gasteiger partial charge in [0.25, 0.3) is 0 Å². The molecule has 1 aliphatic heterocycles. The Morgan fingerprint density at radius 1 is 0.920 bits per heavy atom. The number of carbonyl (C=O) groups excluding carboxylic acids is 2. The summed E-state index contributed by atoms with van der Waals surface area (Å²) in [7, 11) is -3.29. The van der Waals surface area contributed by atoms with E-state index < -0.39 is 27.0 Å². The van der Waals surface area contributed by atoms with E-state index in [-0.39, 0.29) is 6.42 Å². The molecule has 3 amide bonds. The summed E-state index contributed by atoms with van der Waals surface area (Å²) >= 11 is 1.76. The first-order chi connectivity index (χ1) is 24.0. The van der Waals surface area contributed by atoms with Gasteiger partial charge in [-0.05, 0) is 100 Å². The van der Waals surface area contributed by atoms with Crippen LogP contribution in [-0.4, -0.2) is 37.4 Å². The summed E-state index contributed by atoms with van der Waals surface area (Å²) in [6, 6.07) is 24.8. The summed E-state index contributed by atoms with van der Waals surface area (Å²) in [5.74, 6) is -0.296. The first-order valence-electron chi connectivity index (χ1n) is 16.8. The first kappa shape index (κ1) is 35.1. The molecular weight excluding hydrogens is 667 g/mol. The molecule has 258 valence electrons. The van der Waals surface area contributed by atoms with Crippen LogP contribution in [0, 0.1) is 5.92 Å². The predicted octanol–water partition coefficient (Wildman–Crippen LogP) is 7.96. The van der Waals surface area contributed by atoms with Crippen molar-refractivity contribution in [3.05, 3.63) is 124 Å². The Kier molecular flexibility index (Phi) is 10.5. The van der Waals surface area contributed by atoms with Crippen molar-refractivity contribution < 1.29 is 23.2 Å². The van der Waals surface area contributed by atoms with E-state index in [1.807, 2.05) is 32.0 Å². The molecule has 0 saturated carbocycles. The fourth-order valence-electron chi connectivity index (χ4n) is 6.53. The molecular formula is C40H41N3O5S2. The molecule has 3 aromatic carbocycles. The van der Waals surface area contributed by atoms with Gasteiger partial charge in [0.2, 0.25) is 5.91 Å². The normalized spacial score (nSPS) is 16.6. The number of hydrogen-bond donors (Lipinski definition) is 3. The number of nitrogens with one attached hydrogen (secondary N) is 1. The number of urea groups is 1. The standard InChI is InChI=1S/C33H32N2O2S.C7H9NO3S/c1-21(2)20-34-33(36)35(37)26-8-5-7-24(19-26)31-16-17-32(38-31)25-12-13-28-23(18-25)11-15-29-27-9-4-3-6-22(27)10-14-30(28)29;8-7(9)5-6-3-1-2-4-12(6,10)11/h3-9,11,15-19,21,37H,10,12-14,20H2,1-2H3,(H,34,36);1-4,6H,5H2,(H2,8,9). The smallest absolute Gasteiger partial charge is 0.345 e. The maximum atomic E-state index is 12.3. The topological polar surface area (TPSA) is 130 Å². The molecule has 1 atom stereocenters. The number of nitrogens with two attached hydrogens (primary N) is 1. The fourth-order valence-corrected chi connectivity index (χ4v) is 8.79. The second-order valence-corrected chi connectivity index (χ2v) is 16.2. The lowest BCUT2D eigenvalue weighted by molar-refractivity contribution is -0.117. The molecule has 10 heteroatoms. The zero-order valence-corrected chi connectivity index (χ0v) is 29.8. The van der Waals surface area contributed by atoms with Crippen molar-refractivity contribution in [1.29, 1.82) is 0 Å². The number of hydrogen-bond acceptors (Lipinski definition) is 6. The summed E-state index contributed by atoms with van der Waals surface area (Å²) in [6.45, 7) is 4.55. The van der Waals surface area contributed by atoms with Crippen LogP contribution in [0.25, 0.3) is 33.2 Å². The van der Waals surface area contributed by atoms with Crippen molar-refractivity contribution in [3.63, 3.8) is 0 Å². The molecule has 0 bridgehead atoms. The van der Waals surface area contributed by atoms with Crippen LogP contribution in [-0.2, 0) is 33.9 Å². The summed E-state index contributed by atoms with van der Waals surface area (Å²) in [5.41, 5.74) is 16.4. The first-order valence-corrected chi connectivity index (χ1v) is 19.2. The van der Waals surface area contributed by atoms with E-state index in [9.17, 15) is 23.2 Å². The van der Waals surface area contributed by atoms with Crippen LogP contribution in [0.4, 0.5) is 10.5 Å². The maximum Gasteiger partial charge on any atom is 0.345 e. The van der Waals surface area contributed by atoms with Crippen molar-refractivity contribution in [2.45, 2.75) is 51.2 Å². The predicted molar refractivity (Wildman–Crippen MR) is 203 cm³/mol. The number of carbonyl (C=O) groups is 2. The van der Waals surface area contributed by atoms with Gasteiger partial charge in [-0.3, -0.25) is 10.0 Å². The van der Waals surface area contributed by atoms with Crippen molar-refractivity contribution >= 4 is 50.4 Å². The Morgan fingerprint density at radius 2 is 1.70 bits per heavy atom. The third-order valence-electron chi connectivity index (χ3n) is 9.07. The number of primary amides is 1. The minimum absolute atomic E-state index is 0.150. The number of fused-ring (bicyclic) bond motifs is 5. The second-order valence-electron chi connectivity index (χ2n) is 13.1. The third-order valence-corrected chi connectivity index (χ3v) is 12.0. The van der Waals surface area contributed by atoms with E-state index in [2.05, 4.69) is 59.9 Å². The highest BCUT2D eigenvalue weighted by atomic mass is 32.2. The van der Waals surface area contributed by atoms with Gasteiger partial charge in [0.1, 0.15) is 0 Å². The van der Waals surface area contributed by atoms with Gasteiger partial charge in [0.05, 0.1) is 10.9 Å². The van der Waals surface area contributed by atoms with E-state index in [4.69, 9.17) is 5.73 Å². The lowest BCUT2D eigenvalue weighted by Crippen LogP contribution is -2.39. The molecule has 7 rings (SSSR count). The number of thiophene rings is 1. The van der Waals surface area contributed by atoms with Gasteiger partial charge in [-0.15, -0.1) is 11.3 Å². The highest BCUT2D eigenvalue weighted by Gasteiger charge is 2.24. The largest absolute Gasteiger partial charge is 0.370 e. The number of anilines is 1. The number of amides is 3. The molecule has 2 aliphatic carbocycles. The lowest BCUT2D eigenvalue weighted by atomic mass is 9.78. The molecule has 3 aliphatic rings. The summed E-state index contributed by atoms with van der Waals surface area (Å²) in [5, 5.41) is 14.2. The quantitative estimate of drug-likeness (QED) is 0.133. The molecule has 1 unspecified atom stereocenters. The molecule has 0 fully saturated rings. The summed E-state index contributed by atoms with van der Waals surface area (Å²) in [4.78, 5) is 25.2. The lowest BCUT2D eigenvalue weighted by Gasteiger charge is -2.26. The van der Waals surface area contributed by atoms with Crippen LogP contribution in [0.2, 0.25) is 0 Å². The Balaban J connectivity index is 0.000000306. The van der Waals surface area contributed by atoms with Gasteiger partial charge in [-0.1, -0.05) is 86.7 Å². The van der Waals surface area contributed by atoms with Gasteiger partial charge < -0.3 is 11.1 Å². The number of benzene rings is 3. The molecule has 1 aromatic heterocycles. The highest BCUT2D eigenvalue weighted by Crippen LogP contribution is 2.42. The molecule has 0 radical (unpaired) electrons. The van der Waals surface area contributed by atoms with Crippen molar-refractivity contribution in [2.24, 2.45) is 11.7 Å². The Hall–Kier alpha value is -4.77. The van der Waals surface area contributed by atoms with E-state index in [0.29, 0.717) is 23.2 Å². The maximum absolute atomic E-state index is 12.3. The molecule has 0 spiro atoms. The third kappa shape index (κ3) is 7.83. The van der Waals surface area contributed by atoms with Gasteiger partial charge in [-0.2, -0.15) is 5.06 Å². The molecule has 0 saturated heterocycles. The van der Waals surface area contributed by atoms with Gasteiger partial charge in [0.15, 0.2) is 9.84 Å². The number of rotatable bonds is 7. The number of aryl methyl sites for hydroxylation is 1. The number of allylic oxidation sites excluding steroid dienone is 3. The average molecular weight is 708 g/mol. The van der Waals surface area contributed by atoms with Gasteiger partial charge in [0, 0.05) is 28.1 Å². The summed E-state index contributed by atoms with van der Waals surface area (Å²) in [6.07, 6.45) is 11.0. The molecule has 4 aromatic rings. The van der Waals surface area contributed by atoms with Crippen molar-refractivity contribution in [3.8, 4) is 21.6 Å². The fraction of sp³-hybridized carbons (Fsp3) is 0.250. The van der Waals surface area contributed by atoms with Crippen LogP contribution in [0.1, 0.15) is 53.8 Å². The van der Waals surface area contributed by atoms with Crippen LogP contribution in [0.15, 0.2) is 96.4 Å². The van der Waals surface area contributed by atoms with E-state index in [1.54, 1.807) is 23.5 Å². The molecule has 2 heterocycles. The van der Waals surface area contributed by atoms with Crippen LogP contribution in [0.3, 0.4) is 0 Å². The van der Waals surface area contributed by atoms with Crippen LogP contribution < -0.4 is 16.1 Å². The monoisotopic (exact) mass is 707 g/mol. The molecule has 8 nitrogen and oxygen atoms in total. The van der Waals surface area contributed by atoms with Crippen LogP contribution >= 0.6 is 11.3 Å². The minimum atomic E-state index is -3.29. The van der Waals surface area contributed by atoms with Gasteiger partial charge >= 0.3 is 6.03 Å². The number of hydroxylamine groups is 1. The Morgan fingerprint density at radius 3 is 2.48 bits per heavy atom. The number of sulfone groups is 1. The van der Waals surface area contributed by atoms with E-state index in [1.165, 1.54) is 56.0 Å². The SMILES string of the molecule is CC(C)CNC(=O)N(O)c1cccc(-c2ccc(C3=Cc4ccc5c(c4CC3)CCc3ccccc3-5)s2)c1.NC(=O)CC1C=CC=CS1(=O)=O. The van der Waals surface area contributed by atoms with Gasteiger partial charge in [-0.25, -0.2) is 13.2 Å². The minimum Gasteiger partial charge on any atom is -0.370 e. The zero-order valence-electron chi connectivity index (χ0n) is 28.1. The average Bonchev–Trinajstić information content (AvgIpc) is 3.61. The Labute approximate surface area is 297 Å².